The van der Waals surface area contributed by atoms with Crippen LogP contribution in [0.25, 0.3) is 0 Å². The quantitative estimate of drug-likeness (QED) is 0.809. The van der Waals surface area contributed by atoms with Crippen LogP contribution in [-0.4, -0.2) is 72.1 Å². The summed E-state index contributed by atoms with van der Waals surface area (Å²) in [6.07, 6.45) is 1.96. The third-order valence-electron chi connectivity index (χ3n) is 4.52. The van der Waals surface area contributed by atoms with Crippen molar-refractivity contribution in [3.05, 3.63) is 29.6 Å². The first-order valence-corrected chi connectivity index (χ1v) is 10.0. The second kappa shape index (κ2) is 7.09. The number of hydrogen-bond acceptors (Lipinski definition) is 6. The fraction of sp³-hybridized carbons (Fsp3) is 0.562. The van der Waals surface area contributed by atoms with Gasteiger partial charge in [0.1, 0.15) is 11.4 Å². The highest BCUT2D eigenvalue weighted by atomic mass is 32.2. The molecule has 0 aliphatic carbocycles. The van der Waals surface area contributed by atoms with Gasteiger partial charge in [-0.15, -0.1) is 0 Å². The van der Waals surface area contributed by atoms with Gasteiger partial charge < -0.3 is 14.7 Å². The number of pyridine rings is 1. The van der Waals surface area contributed by atoms with Gasteiger partial charge in [-0.3, -0.25) is 4.79 Å². The minimum Gasteiger partial charge on any atom is -0.477 e. The number of aromatic nitrogens is 1. The number of carboxylic acid groups (broad SMARTS) is 1. The minimum atomic E-state index is -3.16. The fourth-order valence-corrected chi connectivity index (χ4v) is 4.98. The molecule has 8 nitrogen and oxygen atoms in total. The standard InChI is InChI=1S/C16H20N2O6S/c19-15(13-4-1-5-14(17-13)16(20)21)18(9-12-3-2-7-24-12)11-6-8-25(22,23)10-11/h1,4-5,11-12H,2-3,6-10H2,(H,20,21). The minimum absolute atomic E-state index is 0.00203. The molecule has 1 amide bonds. The smallest absolute Gasteiger partial charge is 0.354 e. The third-order valence-corrected chi connectivity index (χ3v) is 6.27. The molecule has 0 radical (unpaired) electrons. The molecule has 2 unspecified atom stereocenters. The molecule has 0 bridgehead atoms. The van der Waals surface area contributed by atoms with Crippen LogP contribution in [0.15, 0.2) is 18.2 Å². The highest BCUT2D eigenvalue weighted by Gasteiger charge is 2.37. The maximum absolute atomic E-state index is 12.9. The zero-order chi connectivity index (χ0) is 18.0. The van der Waals surface area contributed by atoms with Gasteiger partial charge in [-0.05, 0) is 31.4 Å². The molecule has 2 fully saturated rings. The van der Waals surface area contributed by atoms with Crippen molar-refractivity contribution in [2.45, 2.75) is 31.4 Å². The lowest BCUT2D eigenvalue weighted by Crippen LogP contribution is -2.45. The molecule has 25 heavy (non-hydrogen) atoms. The number of aromatic carboxylic acids is 1. The number of rotatable bonds is 5. The molecule has 0 aromatic carbocycles. The number of nitrogens with zero attached hydrogens (tertiary/aromatic N) is 2. The molecule has 3 rings (SSSR count). The molecule has 2 aliphatic heterocycles. The van der Waals surface area contributed by atoms with E-state index in [0.717, 1.165) is 12.8 Å². The van der Waals surface area contributed by atoms with E-state index >= 15 is 0 Å². The molecule has 1 aromatic heterocycles. The first kappa shape index (κ1) is 17.8. The number of hydrogen-bond donors (Lipinski definition) is 1. The monoisotopic (exact) mass is 368 g/mol. The first-order valence-electron chi connectivity index (χ1n) is 8.19. The van der Waals surface area contributed by atoms with E-state index in [1.165, 1.54) is 23.1 Å². The fourth-order valence-electron chi connectivity index (χ4n) is 3.25. The topological polar surface area (TPSA) is 114 Å². The van der Waals surface area contributed by atoms with Crippen LogP contribution in [0, 0.1) is 0 Å². The van der Waals surface area contributed by atoms with E-state index in [-0.39, 0.29) is 35.5 Å². The zero-order valence-corrected chi connectivity index (χ0v) is 14.4. The van der Waals surface area contributed by atoms with Gasteiger partial charge in [-0.1, -0.05) is 6.07 Å². The van der Waals surface area contributed by atoms with Crippen molar-refractivity contribution in [1.29, 1.82) is 0 Å². The van der Waals surface area contributed by atoms with E-state index in [2.05, 4.69) is 4.98 Å². The Morgan fingerprint density at radius 2 is 2.04 bits per heavy atom. The Bertz CT molecular complexity index is 773. The van der Waals surface area contributed by atoms with Gasteiger partial charge >= 0.3 is 5.97 Å². The van der Waals surface area contributed by atoms with Gasteiger partial charge in [0.05, 0.1) is 17.6 Å². The number of carbonyl (C=O) groups is 2. The molecule has 1 aromatic rings. The van der Waals surface area contributed by atoms with Crippen LogP contribution in [0.1, 0.15) is 40.2 Å². The van der Waals surface area contributed by atoms with Crippen molar-refractivity contribution in [1.82, 2.24) is 9.88 Å². The Morgan fingerprint density at radius 1 is 1.28 bits per heavy atom. The highest BCUT2D eigenvalue weighted by molar-refractivity contribution is 7.91. The van der Waals surface area contributed by atoms with Crippen molar-refractivity contribution >= 4 is 21.7 Å². The number of carboxylic acids is 1. The van der Waals surface area contributed by atoms with E-state index in [1.807, 2.05) is 0 Å². The summed E-state index contributed by atoms with van der Waals surface area (Å²) in [5.74, 6) is -1.70. The number of amides is 1. The van der Waals surface area contributed by atoms with Gasteiger partial charge in [0.15, 0.2) is 9.84 Å². The van der Waals surface area contributed by atoms with Gasteiger partial charge in [0.25, 0.3) is 5.91 Å². The maximum atomic E-state index is 12.9. The molecule has 0 saturated carbocycles. The van der Waals surface area contributed by atoms with Gasteiger partial charge in [-0.25, -0.2) is 18.2 Å². The van der Waals surface area contributed by atoms with Crippen LogP contribution in [-0.2, 0) is 14.6 Å². The van der Waals surface area contributed by atoms with E-state index in [0.29, 0.717) is 13.0 Å². The van der Waals surface area contributed by atoms with Crippen molar-refractivity contribution < 1.29 is 27.9 Å². The Labute approximate surface area is 145 Å². The molecule has 2 saturated heterocycles. The van der Waals surface area contributed by atoms with E-state index in [1.54, 1.807) is 0 Å². The Morgan fingerprint density at radius 3 is 2.64 bits per heavy atom. The molecule has 0 spiro atoms. The molecular formula is C16H20N2O6S. The van der Waals surface area contributed by atoms with Gasteiger partial charge in [0, 0.05) is 19.2 Å². The predicted molar refractivity (Wildman–Crippen MR) is 88.3 cm³/mol. The van der Waals surface area contributed by atoms with Crippen LogP contribution in [0.3, 0.4) is 0 Å². The predicted octanol–water partition coefficient (Wildman–Crippen LogP) is 0.588. The molecule has 9 heteroatoms. The molecule has 1 N–H and O–H groups in total. The summed E-state index contributed by atoms with van der Waals surface area (Å²) in [6.45, 7) is 0.917. The summed E-state index contributed by atoms with van der Waals surface area (Å²) in [6, 6.07) is 3.78. The van der Waals surface area contributed by atoms with Crippen LogP contribution in [0.2, 0.25) is 0 Å². The lowest BCUT2D eigenvalue weighted by Gasteiger charge is -2.30. The summed E-state index contributed by atoms with van der Waals surface area (Å²) < 4.78 is 29.2. The summed E-state index contributed by atoms with van der Waals surface area (Å²) >= 11 is 0. The first-order chi connectivity index (χ1) is 11.9. The van der Waals surface area contributed by atoms with Crippen LogP contribution < -0.4 is 0 Å². The molecule has 2 atom stereocenters. The van der Waals surface area contributed by atoms with E-state index in [4.69, 9.17) is 9.84 Å². The largest absolute Gasteiger partial charge is 0.477 e. The number of ether oxygens (including phenoxy) is 1. The van der Waals surface area contributed by atoms with Crippen molar-refractivity contribution in [3.63, 3.8) is 0 Å². The maximum Gasteiger partial charge on any atom is 0.354 e. The van der Waals surface area contributed by atoms with Gasteiger partial charge in [-0.2, -0.15) is 0 Å². The Hall–Kier alpha value is -2.00. The summed E-state index contributed by atoms with van der Waals surface area (Å²) in [7, 11) is -3.16. The molecule has 136 valence electrons. The average molecular weight is 368 g/mol. The Kier molecular flexibility index (Phi) is 5.05. The molecular weight excluding hydrogens is 348 g/mol. The normalized spacial score (nSPS) is 25.0. The lowest BCUT2D eigenvalue weighted by molar-refractivity contribution is 0.0436. The van der Waals surface area contributed by atoms with Crippen molar-refractivity contribution in [2.75, 3.05) is 24.7 Å². The summed E-state index contributed by atoms with van der Waals surface area (Å²) in [5, 5.41) is 9.05. The van der Waals surface area contributed by atoms with Gasteiger partial charge in [0.2, 0.25) is 0 Å². The SMILES string of the molecule is O=C(O)c1cccc(C(=O)N(CC2CCCO2)C2CCS(=O)(=O)C2)n1. The molecule has 2 aliphatic rings. The van der Waals surface area contributed by atoms with E-state index < -0.39 is 27.8 Å². The summed E-state index contributed by atoms with van der Waals surface area (Å²) in [4.78, 5) is 29.4. The number of sulfone groups is 1. The molecule has 3 heterocycles. The van der Waals surface area contributed by atoms with Crippen LogP contribution in [0.5, 0.6) is 0 Å². The van der Waals surface area contributed by atoms with Crippen molar-refractivity contribution in [3.8, 4) is 0 Å². The average Bonchev–Trinajstić information content (AvgIpc) is 3.21. The van der Waals surface area contributed by atoms with Crippen LogP contribution >= 0.6 is 0 Å². The second-order valence-electron chi connectivity index (χ2n) is 6.36. The third kappa shape index (κ3) is 4.16. The zero-order valence-electron chi connectivity index (χ0n) is 13.6. The number of carbonyl (C=O) groups excluding carboxylic acids is 1. The second-order valence-corrected chi connectivity index (χ2v) is 8.59. The Balaban J connectivity index is 1.86. The van der Waals surface area contributed by atoms with Crippen LogP contribution in [0.4, 0.5) is 0 Å². The van der Waals surface area contributed by atoms with Crippen molar-refractivity contribution in [2.24, 2.45) is 0 Å². The summed E-state index contributed by atoms with van der Waals surface area (Å²) in [5.41, 5.74) is -0.218. The lowest BCUT2D eigenvalue weighted by atomic mass is 10.1. The highest BCUT2D eigenvalue weighted by Crippen LogP contribution is 2.23. The van der Waals surface area contributed by atoms with E-state index in [9.17, 15) is 18.0 Å².